The van der Waals surface area contributed by atoms with E-state index in [4.69, 9.17) is 4.74 Å². The predicted octanol–water partition coefficient (Wildman–Crippen LogP) is 2.12. The third-order valence-corrected chi connectivity index (χ3v) is 1.91. The van der Waals surface area contributed by atoms with Gasteiger partial charge in [0.15, 0.2) is 0 Å². The van der Waals surface area contributed by atoms with Gasteiger partial charge in [0.1, 0.15) is 12.0 Å². The summed E-state index contributed by atoms with van der Waals surface area (Å²) in [5.41, 5.74) is 2.74. The van der Waals surface area contributed by atoms with Crippen LogP contribution < -0.4 is 4.74 Å². The molecule has 1 aromatic carbocycles. The quantitative estimate of drug-likeness (QED) is 0.626. The number of hydrogen-bond acceptors (Lipinski definition) is 2. The standard InChI is InChI=1S/C10H12O2/c1-7-4-8(2)10(12-3)5-9(7)6-11/h4-6H,1-3H3. The number of methoxy groups -OCH3 is 1. The fourth-order valence-electron chi connectivity index (χ4n) is 1.20. The monoisotopic (exact) mass is 164 g/mol. The highest BCUT2D eigenvalue weighted by molar-refractivity contribution is 5.78. The normalized spacial score (nSPS) is 9.58. The molecular formula is C10H12O2. The van der Waals surface area contributed by atoms with Gasteiger partial charge in [0, 0.05) is 5.56 Å². The summed E-state index contributed by atoms with van der Waals surface area (Å²) in [5, 5.41) is 0. The third kappa shape index (κ3) is 1.47. The molecule has 0 bridgehead atoms. The molecule has 0 radical (unpaired) electrons. The van der Waals surface area contributed by atoms with E-state index in [9.17, 15) is 4.79 Å². The van der Waals surface area contributed by atoms with Gasteiger partial charge >= 0.3 is 0 Å². The van der Waals surface area contributed by atoms with Crippen molar-refractivity contribution in [2.75, 3.05) is 7.11 Å². The summed E-state index contributed by atoms with van der Waals surface area (Å²) in [7, 11) is 1.60. The zero-order valence-corrected chi connectivity index (χ0v) is 7.55. The Labute approximate surface area is 72.2 Å². The van der Waals surface area contributed by atoms with Gasteiger partial charge < -0.3 is 4.74 Å². The molecular weight excluding hydrogens is 152 g/mol. The number of carbonyl (C=O) groups excluding carboxylic acids is 1. The highest BCUT2D eigenvalue weighted by Crippen LogP contribution is 2.21. The van der Waals surface area contributed by atoms with Crippen LogP contribution in [0.1, 0.15) is 21.5 Å². The summed E-state index contributed by atoms with van der Waals surface area (Å²) in [6, 6.07) is 3.71. The maximum absolute atomic E-state index is 10.6. The van der Waals surface area contributed by atoms with Crippen molar-refractivity contribution in [2.24, 2.45) is 0 Å². The lowest BCUT2D eigenvalue weighted by Gasteiger charge is -2.06. The van der Waals surface area contributed by atoms with Crippen LogP contribution in [0.3, 0.4) is 0 Å². The van der Waals surface area contributed by atoms with E-state index in [0.29, 0.717) is 5.56 Å². The first-order chi connectivity index (χ1) is 5.69. The Morgan fingerprint density at radius 2 is 1.92 bits per heavy atom. The summed E-state index contributed by atoms with van der Waals surface area (Å²) in [5.74, 6) is 0.766. The molecule has 1 rings (SSSR count). The van der Waals surface area contributed by atoms with Crippen molar-refractivity contribution in [2.45, 2.75) is 13.8 Å². The van der Waals surface area contributed by atoms with Crippen molar-refractivity contribution in [1.29, 1.82) is 0 Å². The Bertz CT molecular complexity index is 303. The van der Waals surface area contributed by atoms with Crippen LogP contribution in [-0.4, -0.2) is 13.4 Å². The van der Waals surface area contributed by atoms with Gasteiger partial charge in [-0.05, 0) is 31.0 Å². The summed E-state index contributed by atoms with van der Waals surface area (Å²) in [6.45, 7) is 3.87. The Hall–Kier alpha value is -1.31. The first-order valence-electron chi connectivity index (χ1n) is 3.79. The molecule has 0 N–H and O–H groups in total. The van der Waals surface area contributed by atoms with Crippen LogP contribution in [0, 0.1) is 13.8 Å². The Kier molecular flexibility index (Phi) is 2.48. The lowest BCUT2D eigenvalue weighted by Crippen LogP contribution is -1.92. The number of hydrogen-bond donors (Lipinski definition) is 0. The molecule has 0 fully saturated rings. The van der Waals surface area contributed by atoms with E-state index in [1.54, 1.807) is 13.2 Å². The van der Waals surface area contributed by atoms with E-state index in [2.05, 4.69) is 0 Å². The summed E-state index contributed by atoms with van der Waals surface area (Å²) in [4.78, 5) is 10.6. The second-order valence-corrected chi connectivity index (χ2v) is 2.80. The predicted molar refractivity (Wildman–Crippen MR) is 47.9 cm³/mol. The highest BCUT2D eigenvalue weighted by atomic mass is 16.5. The van der Waals surface area contributed by atoms with Gasteiger partial charge in [-0.3, -0.25) is 4.79 Å². The van der Waals surface area contributed by atoms with Crippen LogP contribution in [0.4, 0.5) is 0 Å². The lowest BCUT2D eigenvalue weighted by atomic mass is 10.1. The Morgan fingerprint density at radius 1 is 1.25 bits per heavy atom. The van der Waals surface area contributed by atoms with E-state index < -0.39 is 0 Å². The summed E-state index contributed by atoms with van der Waals surface area (Å²) >= 11 is 0. The number of aryl methyl sites for hydroxylation is 2. The Balaban J connectivity index is 3.26. The van der Waals surface area contributed by atoms with Gasteiger partial charge in [-0.25, -0.2) is 0 Å². The molecule has 0 atom stereocenters. The molecule has 0 heterocycles. The van der Waals surface area contributed by atoms with Gasteiger partial charge in [0.2, 0.25) is 0 Å². The number of ether oxygens (including phenoxy) is 1. The minimum absolute atomic E-state index is 0.692. The molecule has 0 aliphatic heterocycles. The fraction of sp³-hybridized carbons (Fsp3) is 0.300. The smallest absolute Gasteiger partial charge is 0.150 e. The average molecular weight is 164 g/mol. The van der Waals surface area contributed by atoms with Crippen molar-refractivity contribution in [3.05, 3.63) is 28.8 Å². The SMILES string of the molecule is COc1cc(C=O)c(C)cc1C. The summed E-state index contributed by atoms with van der Waals surface area (Å²) < 4.78 is 5.08. The van der Waals surface area contributed by atoms with Crippen LogP contribution in [0.25, 0.3) is 0 Å². The highest BCUT2D eigenvalue weighted by Gasteiger charge is 2.02. The maximum atomic E-state index is 10.6. The van der Waals surface area contributed by atoms with E-state index in [1.165, 1.54) is 0 Å². The first kappa shape index (κ1) is 8.78. The van der Waals surface area contributed by atoms with Crippen molar-refractivity contribution in [3.63, 3.8) is 0 Å². The lowest BCUT2D eigenvalue weighted by molar-refractivity contribution is 0.112. The van der Waals surface area contributed by atoms with Gasteiger partial charge in [0.05, 0.1) is 7.11 Å². The van der Waals surface area contributed by atoms with Crippen molar-refractivity contribution < 1.29 is 9.53 Å². The molecule has 0 amide bonds. The van der Waals surface area contributed by atoms with Crippen LogP contribution >= 0.6 is 0 Å². The van der Waals surface area contributed by atoms with Gasteiger partial charge in [0.25, 0.3) is 0 Å². The molecule has 0 saturated heterocycles. The third-order valence-electron chi connectivity index (χ3n) is 1.91. The maximum Gasteiger partial charge on any atom is 0.150 e. The van der Waals surface area contributed by atoms with E-state index >= 15 is 0 Å². The molecule has 0 aromatic heterocycles. The summed E-state index contributed by atoms with van der Waals surface area (Å²) in [6.07, 6.45) is 0.845. The molecule has 0 spiro atoms. The number of benzene rings is 1. The topological polar surface area (TPSA) is 26.3 Å². The largest absolute Gasteiger partial charge is 0.496 e. The molecule has 1 aromatic rings. The van der Waals surface area contributed by atoms with Crippen molar-refractivity contribution in [3.8, 4) is 5.75 Å². The van der Waals surface area contributed by atoms with Gasteiger partial charge in [-0.1, -0.05) is 6.07 Å². The average Bonchev–Trinajstić information content (AvgIpc) is 2.05. The fourth-order valence-corrected chi connectivity index (χ4v) is 1.20. The zero-order chi connectivity index (χ0) is 9.14. The van der Waals surface area contributed by atoms with Crippen LogP contribution in [0.5, 0.6) is 5.75 Å². The second-order valence-electron chi connectivity index (χ2n) is 2.80. The molecule has 0 unspecified atom stereocenters. The van der Waals surface area contributed by atoms with Crippen LogP contribution in [0.2, 0.25) is 0 Å². The molecule has 64 valence electrons. The molecule has 0 saturated carbocycles. The molecule has 0 aliphatic carbocycles. The van der Waals surface area contributed by atoms with E-state index in [-0.39, 0.29) is 0 Å². The molecule has 12 heavy (non-hydrogen) atoms. The van der Waals surface area contributed by atoms with E-state index in [1.807, 2.05) is 19.9 Å². The number of rotatable bonds is 2. The van der Waals surface area contributed by atoms with Gasteiger partial charge in [-0.2, -0.15) is 0 Å². The molecule has 0 aliphatic rings. The number of carbonyl (C=O) groups is 1. The second kappa shape index (κ2) is 3.39. The van der Waals surface area contributed by atoms with Crippen molar-refractivity contribution in [1.82, 2.24) is 0 Å². The minimum Gasteiger partial charge on any atom is -0.496 e. The minimum atomic E-state index is 0.692. The van der Waals surface area contributed by atoms with Crippen LogP contribution in [-0.2, 0) is 0 Å². The number of aldehydes is 1. The Morgan fingerprint density at radius 3 is 2.42 bits per heavy atom. The zero-order valence-electron chi connectivity index (χ0n) is 7.55. The molecule has 2 nitrogen and oxygen atoms in total. The van der Waals surface area contributed by atoms with E-state index in [0.717, 1.165) is 23.2 Å². The van der Waals surface area contributed by atoms with Crippen LogP contribution in [0.15, 0.2) is 12.1 Å². The van der Waals surface area contributed by atoms with Crippen molar-refractivity contribution >= 4 is 6.29 Å². The first-order valence-corrected chi connectivity index (χ1v) is 3.79. The molecule has 2 heteroatoms. The van der Waals surface area contributed by atoms with Gasteiger partial charge in [-0.15, -0.1) is 0 Å².